The molecule has 0 aliphatic carbocycles. The molecule has 1 aliphatic heterocycles. The number of hydrogen-bond acceptors (Lipinski definition) is 7. The van der Waals surface area contributed by atoms with Gasteiger partial charge in [-0.1, -0.05) is 22.8 Å². The van der Waals surface area contributed by atoms with Crippen LogP contribution in [-0.4, -0.2) is 39.0 Å². The minimum Gasteiger partial charge on any atom is -0.507 e. The summed E-state index contributed by atoms with van der Waals surface area (Å²) in [5, 5.41) is 34.1. The molecule has 0 saturated carbocycles. The molecule has 0 amide bonds. The topological polar surface area (TPSA) is 99.2 Å². The summed E-state index contributed by atoms with van der Waals surface area (Å²) in [6.45, 7) is 1.98. The third-order valence-electron chi connectivity index (χ3n) is 4.88. The van der Waals surface area contributed by atoms with Gasteiger partial charge >= 0.3 is 0 Å². The zero-order valence-electron chi connectivity index (χ0n) is 15.1. The van der Waals surface area contributed by atoms with Gasteiger partial charge in [0.25, 0.3) is 0 Å². The molecule has 0 atom stereocenters. The van der Waals surface area contributed by atoms with Crippen molar-refractivity contribution >= 4 is 11.6 Å². The number of nitrogens with zero attached hydrogens (tertiary/aromatic N) is 2. The minimum atomic E-state index is -0.197. The molecule has 0 unspecified atom stereocenters. The Morgan fingerprint density at radius 1 is 1.14 bits per heavy atom. The molecule has 2 aromatic carbocycles. The van der Waals surface area contributed by atoms with Crippen LogP contribution in [-0.2, 0) is 19.5 Å². The van der Waals surface area contributed by atoms with E-state index in [-0.39, 0.29) is 22.3 Å². The molecular formula is C20H19ClN2O5. The lowest BCUT2D eigenvalue weighted by Gasteiger charge is -2.26. The molecule has 8 heteroatoms. The average Bonchev–Trinajstić information content (AvgIpc) is 3.08. The van der Waals surface area contributed by atoms with Crippen LogP contribution in [0.5, 0.6) is 23.0 Å². The number of methoxy groups -OCH3 is 1. The third-order valence-corrected chi connectivity index (χ3v) is 5.18. The summed E-state index contributed by atoms with van der Waals surface area (Å²) in [5.41, 5.74) is 3.06. The zero-order valence-corrected chi connectivity index (χ0v) is 15.9. The van der Waals surface area contributed by atoms with E-state index in [0.717, 1.165) is 23.4 Å². The van der Waals surface area contributed by atoms with E-state index in [1.54, 1.807) is 12.1 Å². The monoisotopic (exact) mass is 402 g/mol. The molecule has 1 aliphatic rings. The van der Waals surface area contributed by atoms with Gasteiger partial charge in [0.2, 0.25) is 0 Å². The van der Waals surface area contributed by atoms with Crippen molar-refractivity contribution < 1.29 is 24.6 Å². The molecule has 0 saturated heterocycles. The molecular weight excluding hydrogens is 384 g/mol. The number of ether oxygens (including phenoxy) is 1. The number of rotatable bonds is 4. The fraction of sp³-hybridized carbons (Fsp3) is 0.250. The van der Waals surface area contributed by atoms with Gasteiger partial charge in [-0.25, -0.2) is 0 Å². The summed E-state index contributed by atoms with van der Waals surface area (Å²) < 4.78 is 10.6. The normalized spacial score (nSPS) is 14.1. The summed E-state index contributed by atoms with van der Waals surface area (Å²) in [7, 11) is 1.51. The molecule has 1 aromatic heterocycles. The number of fused-ring (bicyclic) bond motifs is 1. The lowest BCUT2D eigenvalue weighted by molar-refractivity contribution is 0.244. The first kappa shape index (κ1) is 18.5. The van der Waals surface area contributed by atoms with Crippen molar-refractivity contribution in [1.29, 1.82) is 0 Å². The van der Waals surface area contributed by atoms with Gasteiger partial charge in [-0.2, -0.15) is 0 Å². The fourth-order valence-electron chi connectivity index (χ4n) is 3.44. The average molecular weight is 403 g/mol. The van der Waals surface area contributed by atoms with E-state index in [1.807, 2.05) is 6.07 Å². The Balaban J connectivity index is 1.60. The molecule has 0 fully saturated rings. The highest BCUT2D eigenvalue weighted by atomic mass is 35.5. The van der Waals surface area contributed by atoms with E-state index in [0.29, 0.717) is 36.6 Å². The smallest absolute Gasteiger partial charge is 0.175 e. The van der Waals surface area contributed by atoms with Crippen LogP contribution in [0, 0.1) is 0 Å². The lowest BCUT2D eigenvalue weighted by atomic mass is 10.0. The molecule has 28 heavy (non-hydrogen) atoms. The van der Waals surface area contributed by atoms with Crippen molar-refractivity contribution in [1.82, 2.24) is 10.1 Å². The Hall–Kier alpha value is -2.90. The van der Waals surface area contributed by atoms with Gasteiger partial charge in [0, 0.05) is 37.7 Å². The Labute approximate surface area is 166 Å². The van der Waals surface area contributed by atoms with Gasteiger partial charge in [-0.15, -0.1) is 0 Å². The second-order valence-electron chi connectivity index (χ2n) is 6.72. The molecule has 3 aromatic rings. The van der Waals surface area contributed by atoms with Crippen molar-refractivity contribution in [3.63, 3.8) is 0 Å². The number of aromatic hydroxyl groups is 3. The second kappa shape index (κ2) is 7.26. The number of hydrogen-bond donors (Lipinski definition) is 3. The zero-order chi connectivity index (χ0) is 19.8. The molecule has 146 valence electrons. The number of benzene rings is 2. The highest BCUT2D eigenvalue weighted by Crippen LogP contribution is 2.40. The molecule has 0 bridgehead atoms. The van der Waals surface area contributed by atoms with Crippen molar-refractivity contribution in [3.05, 3.63) is 52.2 Å². The van der Waals surface area contributed by atoms with Crippen LogP contribution in [0.25, 0.3) is 11.3 Å². The summed E-state index contributed by atoms with van der Waals surface area (Å²) in [4.78, 5) is 2.20. The fourth-order valence-corrected chi connectivity index (χ4v) is 3.60. The summed E-state index contributed by atoms with van der Waals surface area (Å²) in [6, 6.07) is 7.99. The molecule has 0 spiro atoms. The number of phenolic OH excluding ortho intramolecular Hbond substituents is 3. The van der Waals surface area contributed by atoms with Crippen LogP contribution in [0.15, 0.2) is 34.9 Å². The number of phenols is 3. The summed E-state index contributed by atoms with van der Waals surface area (Å²) >= 11 is 5.99. The Kier molecular flexibility index (Phi) is 4.78. The van der Waals surface area contributed by atoms with Crippen molar-refractivity contribution in [2.45, 2.75) is 19.5 Å². The molecule has 0 radical (unpaired) electrons. The largest absolute Gasteiger partial charge is 0.507 e. The van der Waals surface area contributed by atoms with E-state index in [2.05, 4.69) is 10.1 Å². The lowest BCUT2D eigenvalue weighted by Crippen LogP contribution is -2.30. The van der Waals surface area contributed by atoms with Crippen molar-refractivity contribution in [2.24, 2.45) is 0 Å². The van der Waals surface area contributed by atoms with Crippen LogP contribution in [0.1, 0.15) is 16.8 Å². The van der Waals surface area contributed by atoms with Crippen molar-refractivity contribution in [3.8, 4) is 34.3 Å². The number of halogens is 1. The van der Waals surface area contributed by atoms with Gasteiger partial charge in [0.1, 0.15) is 11.5 Å². The first-order chi connectivity index (χ1) is 13.5. The second-order valence-corrected chi connectivity index (χ2v) is 7.13. The highest BCUT2D eigenvalue weighted by Gasteiger charge is 2.27. The summed E-state index contributed by atoms with van der Waals surface area (Å²) in [6.07, 6.45) is 0.702. The van der Waals surface area contributed by atoms with E-state index < -0.39 is 0 Å². The Morgan fingerprint density at radius 3 is 2.71 bits per heavy atom. The van der Waals surface area contributed by atoms with E-state index in [9.17, 15) is 15.3 Å². The molecule has 2 heterocycles. The van der Waals surface area contributed by atoms with Gasteiger partial charge in [0.05, 0.1) is 23.4 Å². The predicted octanol–water partition coefficient (Wildman–Crippen LogP) is 3.68. The molecule has 4 rings (SSSR count). The van der Waals surface area contributed by atoms with Crippen LogP contribution in [0.3, 0.4) is 0 Å². The van der Waals surface area contributed by atoms with Gasteiger partial charge < -0.3 is 24.6 Å². The Bertz CT molecular complexity index is 1030. The maximum atomic E-state index is 10.2. The van der Waals surface area contributed by atoms with Crippen LogP contribution >= 0.6 is 11.6 Å². The maximum absolute atomic E-state index is 10.2. The van der Waals surface area contributed by atoms with E-state index in [4.69, 9.17) is 20.9 Å². The summed E-state index contributed by atoms with van der Waals surface area (Å²) in [5.74, 6) is 0.657. The predicted molar refractivity (Wildman–Crippen MR) is 103 cm³/mol. The molecule has 7 nitrogen and oxygen atoms in total. The van der Waals surface area contributed by atoms with Crippen LogP contribution < -0.4 is 4.74 Å². The SMILES string of the molecule is COc1ccc(CN2CCc3noc(-c4cc(Cl)c(O)cc4O)c3C2)cc1O. The molecule has 3 N–H and O–H groups in total. The van der Waals surface area contributed by atoms with Crippen molar-refractivity contribution in [2.75, 3.05) is 13.7 Å². The van der Waals surface area contributed by atoms with Gasteiger partial charge in [-0.3, -0.25) is 4.90 Å². The van der Waals surface area contributed by atoms with Crippen LogP contribution in [0.2, 0.25) is 5.02 Å². The van der Waals surface area contributed by atoms with Crippen LogP contribution in [0.4, 0.5) is 0 Å². The standard InChI is InChI=1S/C20H19ClN2O5/c1-27-19-3-2-11(6-18(19)26)9-23-5-4-15-13(10-23)20(28-22-15)12-7-14(21)17(25)8-16(12)24/h2-3,6-8,24-26H,4-5,9-10H2,1H3. The third kappa shape index (κ3) is 3.34. The van der Waals surface area contributed by atoms with Gasteiger partial charge in [-0.05, 0) is 23.8 Å². The number of aromatic nitrogens is 1. The first-order valence-corrected chi connectivity index (χ1v) is 9.11. The highest BCUT2D eigenvalue weighted by molar-refractivity contribution is 6.32. The Morgan fingerprint density at radius 2 is 1.96 bits per heavy atom. The maximum Gasteiger partial charge on any atom is 0.175 e. The quantitative estimate of drug-likeness (QED) is 0.612. The first-order valence-electron chi connectivity index (χ1n) is 8.73. The van der Waals surface area contributed by atoms with E-state index in [1.165, 1.54) is 19.2 Å². The van der Waals surface area contributed by atoms with Gasteiger partial charge in [0.15, 0.2) is 17.3 Å². The van der Waals surface area contributed by atoms with E-state index >= 15 is 0 Å². The minimum absolute atomic E-state index is 0.104.